The summed E-state index contributed by atoms with van der Waals surface area (Å²) in [6.07, 6.45) is 0. The van der Waals surface area contributed by atoms with Crippen LogP contribution < -0.4 is 20.4 Å². The van der Waals surface area contributed by atoms with E-state index in [0.29, 0.717) is 28.1 Å². The molecule has 0 unspecified atom stereocenters. The molecule has 0 atom stereocenters. The third kappa shape index (κ3) is 4.55. The van der Waals surface area contributed by atoms with Crippen LogP contribution in [0.2, 0.25) is 0 Å². The summed E-state index contributed by atoms with van der Waals surface area (Å²) in [6.45, 7) is 1.23. The van der Waals surface area contributed by atoms with Gasteiger partial charge in [0.1, 0.15) is 29.3 Å². The van der Waals surface area contributed by atoms with Crippen molar-refractivity contribution in [3.63, 3.8) is 0 Å². The maximum Gasteiger partial charge on any atom is 0.342 e. The Morgan fingerprint density at radius 1 is 1.03 bits per heavy atom. The van der Waals surface area contributed by atoms with E-state index in [2.05, 4.69) is 5.32 Å². The Kier molecular flexibility index (Phi) is 5.82. The third-order valence-electron chi connectivity index (χ3n) is 4.14. The summed E-state index contributed by atoms with van der Waals surface area (Å²) in [6, 6.07) is 10.9. The molecule has 0 aliphatic carbocycles. The zero-order valence-corrected chi connectivity index (χ0v) is 16.1. The zero-order valence-electron chi connectivity index (χ0n) is 16.1. The minimum Gasteiger partial charge on any atom is -0.497 e. The highest BCUT2D eigenvalue weighted by Gasteiger charge is 2.16. The number of rotatable bonds is 6. The van der Waals surface area contributed by atoms with E-state index < -0.39 is 11.6 Å². The molecule has 2 aromatic carbocycles. The van der Waals surface area contributed by atoms with Crippen LogP contribution in [0.15, 0.2) is 51.7 Å². The molecule has 1 heterocycles. The molecule has 0 saturated carbocycles. The average Bonchev–Trinajstić information content (AvgIpc) is 2.70. The van der Waals surface area contributed by atoms with Gasteiger partial charge in [0.05, 0.1) is 14.2 Å². The standard InChI is InChI=1S/C21H19NO7/c1-12(23)22-14-4-6-16-13(8-20(24)29-19(16)9-14)11-28-21(25)17-10-15(26-2)5-7-18(17)27-3/h4-10H,11H2,1-3H3,(H,22,23). The maximum absolute atomic E-state index is 12.6. The Morgan fingerprint density at radius 3 is 2.52 bits per heavy atom. The van der Waals surface area contributed by atoms with Crippen molar-refractivity contribution < 1.29 is 28.2 Å². The largest absolute Gasteiger partial charge is 0.497 e. The summed E-state index contributed by atoms with van der Waals surface area (Å²) < 4.78 is 20.9. The van der Waals surface area contributed by atoms with Crippen LogP contribution in [-0.4, -0.2) is 26.1 Å². The van der Waals surface area contributed by atoms with Crippen LogP contribution >= 0.6 is 0 Å². The molecule has 1 aromatic heterocycles. The lowest BCUT2D eigenvalue weighted by molar-refractivity contribution is -0.114. The van der Waals surface area contributed by atoms with Crippen LogP contribution in [0.3, 0.4) is 0 Å². The molecule has 0 radical (unpaired) electrons. The van der Waals surface area contributed by atoms with Crippen LogP contribution in [-0.2, 0) is 16.1 Å². The van der Waals surface area contributed by atoms with Gasteiger partial charge in [0.2, 0.25) is 5.91 Å². The molecular weight excluding hydrogens is 378 g/mol. The number of anilines is 1. The molecule has 0 bridgehead atoms. The molecule has 150 valence electrons. The first-order valence-corrected chi connectivity index (χ1v) is 8.65. The smallest absolute Gasteiger partial charge is 0.342 e. The van der Waals surface area contributed by atoms with E-state index >= 15 is 0 Å². The Hall–Kier alpha value is -3.81. The molecule has 0 fully saturated rings. The average molecular weight is 397 g/mol. The Labute approximate surface area is 166 Å². The van der Waals surface area contributed by atoms with Crippen molar-refractivity contribution in [3.05, 3.63) is 64.0 Å². The number of hydrogen-bond donors (Lipinski definition) is 1. The van der Waals surface area contributed by atoms with Gasteiger partial charge in [0, 0.05) is 35.7 Å². The number of fused-ring (bicyclic) bond motifs is 1. The fraction of sp³-hybridized carbons (Fsp3) is 0.190. The lowest BCUT2D eigenvalue weighted by atomic mass is 10.1. The molecule has 29 heavy (non-hydrogen) atoms. The number of benzene rings is 2. The fourth-order valence-electron chi connectivity index (χ4n) is 2.82. The quantitative estimate of drug-likeness (QED) is 0.503. The van der Waals surface area contributed by atoms with Gasteiger partial charge < -0.3 is 23.9 Å². The predicted octanol–water partition coefficient (Wildman–Crippen LogP) is 3.13. The van der Waals surface area contributed by atoms with Gasteiger partial charge in [-0.2, -0.15) is 0 Å². The molecule has 3 rings (SSSR count). The topological polar surface area (TPSA) is 104 Å². The van der Waals surface area contributed by atoms with Crippen LogP contribution in [0.1, 0.15) is 22.8 Å². The Morgan fingerprint density at radius 2 is 1.83 bits per heavy atom. The van der Waals surface area contributed by atoms with Gasteiger partial charge in [-0.25, -0.2) is 9.59 Å². The zero-order chi connectivity index (χ0) is 21.0. The lowest BCUT2D eigenvalue weighted by Crippen LogP contribution is -2.10. The predicted molar refractivity (Wildman–Crippen MR) is 105 cm³/mol. The highest BCUT2D eigenvalue weighted by atomic mass is 16.5. The first-order chi connectivity index (χ1) is 13.9. The first kappa shape index (κ1) is 19.9. The van der Waals surface area contributed by atoms with Gasteiger partial charge in [-0.15, -0.1) is 0 Å². The second kappa shape index (κ2) is 8.47. The number of amides is 1. The summed E-state index contributed by atoms with van der Waals surface area (Å²) in [5.74, 6) is -0.0525. The van der Waals surface area contributed by atoms with Crippen molar-refractivity contribution in [2.45, 2.75) is 13.5 Å². The number of carbonyl (C=O) groups is 2. The third-order valence-corrected chi connectivity index (χ3v) is 4.14. The van der Waals surface area contributed by atoms with Crippen LogP contribution in [0.25, 0.3) is 11.0 Å². The summed E-state index contributed by atoms with van der Waals surface area (Å²) in [5, 5.41) is 3.21. The molecule has 1 N–H and O–H groups in total. The number of methoxy groups -OCH3 is 2. The van der Waals surface area contributed by atoms with Crippen molar-refractivity contribution >= 4 is 28.5 Å². The highest BCUT2D eigenvalue weighted by Crippen LogP contribution is 2.26. The van der Waals surface area contributed by atoms with Crippen molar-refractivity contribution in [3.8, 4) is 11.5 Å². The molecule has 0 aliphatic heterocycles. The lowest BCUT2D eigenvalue weighted by Gasteiger charge is -2.11. The molecule has 8 heteroatoms. The molecular formula is C21H19NO7. The van der Waals surface area contributed by atoms with E-state index in [1.807, 2.05) is 0 Å². The number of esters is 1. The Bertz CT molecular complexity index is 1130. The minimum atomic E-state index is -0.628. The van der Waals surface area contributed by atoms with Gasteiger partial charge in [-0.05, 0) is 30.3 Å². The van der Waals surface area contributed by atoms with Crippen LogP contribution in [0.5, 0.6) is 11.5 Å². The minimum absolute atomic E-state index is 0.152. The number of nitrogens with one attached hydrogen (secondary N) is 1. The summed E-state index contributed by atoms with van der Waals surface area (Å²) in [7, 11) is 2.93. The van der Waals surface area contributed by atoms with E-state index in [-0.39, 0.29) is 23.7 Å². The van der Waals surface area contributed by atoms with E-state index in [1.54, 1.807) is 24.3 Å². The second-order valence-electron chi connectivity index (χ2n) is 6.13. The molecule has 0 saturated heterocycles. The highest BCUT2D eigenvalue weighted by molar-refractivity contribution is 5.94. The van der Waals surface area contributed by atoms with Gasteiger partial charge >= 0.3 is 11.6 Å². The van der Waals surface area contributed by atoms with Gasteiger partial charge in [-0.1, -0.05) is 0 Å². The number of hydrogen-bond acceptors (Lipinski definition) is 7. The molecule has 0 aliphatic rings. The van der Waals surface area contributed by atoms with Crippen molar-refractivity contribution in [1.29, 1.82) is 0 Å². The number of ether oxygens (including phenoxy) is 3. The normalized spacial score (nSPS) is 10.4. The molecule has 0 spiro atoms. The van der Waals surface area contributed by atoms with Gasteiger partial charge in [-0.3, -0.25) is 4.79 Å². The first-order valence-electron chi connectivity index (χ1n) is 8.65. The fourth-order valence-corrected chi connectivity index (χ4v) is 2.82. The van der Waals surface area contributed by atoms with Crippen molar-refractivity contribution in [1.82, 2.24) is 0 Å². The van der Waals surface area contributed by atoms with E-state index in [4.69, 9.17) is 18.6 Å². The number of carbonyl (C=O) groups excluding carboxylic acids is 2. The summed E-state index contributed by atoms with van der Waals surface area (Å²) in [4.78, 5) is 35.7. The SMILES string of the molecule is COc1ccc(OC)c(C(=O)OCc2cc(=O)oc3cc(NC(C)=O)ccc23)c1. The van der Waals surface area contributed by atoms with E-state index in [1.165, 1.54) is 39.3 Å². The van der Waals surface area contributed by atoms with Crippen molar-refractivity contribution in [2.75, 3.05) is 19.5 Å². The van der Waals surface area contributed by atoms with Gasteiger partial charge in [0.15, 0.2) is 0 Å². The maximum atomic E-state index is 12.6. The molecule has 1 amide bonds. The van der Waals surface area contributed by atoms with E-state index in [9.17, 15) is 14.4 Å². The van der Waals surface area contributed by atoms with Gasteiger partial charge in [0.25, 0.3) is 0 Å². The molecule has 3 aromatic rings. The second-order valence-corrected chi connectivity index (χ2v) is 6.13. The van der Waals surface area contributed by atoms with Crippen molar-refractivity contribution in [2.24, 2.45) is 0 Å². The molecule has 8 nitrogen and oxygen atoms in total. The summed E-state index contributed by atoms with van der Waals surface area (Å²) >= 11 is 0. The summed E-state index contributed by atoms with van der Waals surface area (Å²) in [5.41, 5.74) is 0.840. The van der Waals surface area contributed by atoms with E-state index in [0.717, 1.165) is 0 Å². The monoisotopic (exact) mass is 397 g/mol. The van der Waals surface area contributed by atoms with Crippen LogP contribution in [0.4, 0.5) is 5.69 Å². The Balaban J connectivity index is 1.88. The van der Waals surface area contributed by atoms with Crippen LogP contribution in [0, 0.1) is 0 Å².